The van der Waals surface area contributed by atoms with Gasteiger partial charge in [0.1, 0.15) is 0 Å². The van der Waals surface area contributed by atoms with E-state index < -0.39 is 5.82 Å². The molecule has 0 bridgehead atoms. The van der Waals surface area contributed by atoms with E-state index in [-0.39, 0.29) is 0 Å². The Hall–Kier alpha value is -2.02. The summed E-state index contributed by atoms with van der Waals surface area (Å²) < 4.78 is 12.9. The highest BCUT2D eigenvalue weighted by Crippen LogP contribution is 2.21. The number of aromatic nitrogens is 4. The molecule has 0 amide bonds. The molecule has 2 aromatic rings. The fourth-order valence-corrected chi connectivity index (χ4v) is 2.67. The van der Waals surface area contributed by atoms with Crippen molar-refractivity contribution >= 4 is 23.5 Å². The Morgan fingerprint density at radius 2 is 1.68 bits per heavy atom. The minimum atomic E-state index is -0.424. The second kappa shape index (κ2) is 6.39. The molecule has 8 heteroatoms. The number of nitrogens with zero attached hydrogens (tertiary/aromatic N) is 6. The van der Waals surface area contributed by atoms with Crippen LogP contribution in [0.2, 0.25) is 5.02 Å². The number of hydrogen-bond acceptors (Lipinski definition) is 6. The minimum Gasteiger partial charge on any atom is -0.341 e. The van der Waals surface area contributed by atoms with Crippen molar-refractivity contribution in [3.8, 4) is 0 Å². The predicted molar refractivity (Wildman–Crippen MR) is 82.7 cm³/mol. The molecule has 0 unspecified atom stereocenters. The number of piperidine rings is 1. The lowest BCUT2D eigenvalue weighted by Crippen LogP contribution is -2.44. The van der Waals surface area contributed by atoms with E-state index in [4.69, 9.17) is 11.6 Å². The summed E-state index contributed by atoms with van der Waals surface area (Å²) in [7, 11) is 1.94. The van der Waals surface area contributed by atoms with Gasteiger partial charge in [-0.2, -0.15) is 0 Å². The van der Waals surface area contributed by atoms with Crippen molar-refractivity contribution in [2.75, 3.05) is 29.9 Å². The molecule has 3 rings (SSSR count). The highest BCUT2D eigenvalue weighted by atomic mass is 35.5. The van der Waals surface area contributed by atoms with Crippen molar-refractivity contribution in [3.05, 3.63) is 35.6 Å². The lowest BCUT2D eigenvalue weighted by atomic mass is 10.0. The minimum absolute atomic E-state index is 0.314. The summed E-state index contributed by atoms with van der Waals surface area (Å²) in [6.07, 6.45) is 7.46. The second-order valence-electron chi connectivity index (χ2n) is 5.23. The third-order valence-corrected chi connectivity index (χ3v) is 4.02. The van der Waals surface area contributed by atoms with Gasteiger partial charge >= 0.3 is 0 Å². The standard InChI is InChI=1S/C14H16ClFN6/c1-21(13-19-8-11(16)9-20-13)12-2-4-22(5-3-12)14-17-6-10(15)7-18-14/h6-9,12H,2-5H2,1H3. The summed E-state index contributed by atoms with van der Waals surface area (Å²) >= 11 is 5.80. The number of halogens is 2. The van der Waals surface area contributed by atoms with Crippen LogP contribution >= 0.6 is 11.6 Å². The van der Waals surface area contributed by atoms with Crippen LogP contribution in [0.5, 0.6) is 0 Å². The van der Waals surface area contributed by atoms with Crippen LogP contribution in [-0.4, -0.2) is 46.1 Å². The molecule has 22 heavy (non-hydrogen) atoms. The van der Waals surface area contributed by atoms with E-state index in [9.17, 15) is 4.39 Å². The van der Waals surface area contributed by atoms with Crippen LogP contribution in [0.15, 0.2) is 24.8 Å². The Morgan fingerprint density at radius 3 is 2.27 bits per heavy atom. The first kappa shape index (κ1) is 14.9. The average Bonchev–Trinajstić information content (AvgIpc) is 2.56. The molecular weight excluding hydrogens is 307 g/mol. The molecule has 0 saturated carbocycles. The lowest BCUT2D eigenvalue weighted by Gasteiger charge is -2.36. The first-order chi connectivity index (χ1) is 10.6. The molecule has 116 valence electrons. The van der Waals surface area contributed by atoms with Crippen molar-refractivity contribution in [1.82, 2.24) is 19.9 Å². The van der Waals surface area contributed by atoms with Gasteiger partial charge in [0.15, 0.2) is 5.82 Å². The van der Waals surface area contributed by atoms with Gasteiger partial charge in [0, 0.05) is 26.2 Å². The van der Waals surface area contributed by atoms with Crippen LogP contribution in [-0.2, 0) is 0 Å². The van der Waals surface area contributed by atoms with E-state index in [2.05, 4.69) is 24.8 Å². The SMILES string of the molecule is CN(c1ncc(F)cn1)C1CCN(c2ncc(Cl)cn2)CC1. The highest BCUT2D eigenvalue weighted by Gasteiger charge is 2.25. The number of anilines is 2. The van der Waals surface area contributed by atoms with E-state index in [1.165, 1.54) is 12.4 Å². The largest absolute Gasteiger partial charge is 0.341 e. The summed E-state index contributed by atoms with van der Waals surface area (Å²) in [5.74, 6) is 0.818. The van der Waals surface area contributed by atoms with Crippen molar-refractivity contribution < 1.29 is 4.39 Å². The molecule has 3 heterocycles. The van der Waals surface area contributed by atoms with E-state index in [0.717, 1.165) is 25.9 Å². The summed E-state index contributed by atoms with van der Waals surface area (Å²) in [6, 6.07) is 0.314. The molecule has 6 nitrogen and oxygen atoms in total. The van der Waals surface area contributed by atoms with Gasteiger partial charge in [-0.3, -0.25) is 0 Å². The smallest absolute Gasteiger partial charge is 0.225 e. The summed E-state index contributed by atoms with van der Waals surface area (Å²) in [6.45, 7) is 1.69. The van der Waals surface area contributed by atoms with E-state index in [1.807, 2.05) is 11.9 Å². The highest BCUT2D eigenvalue weighted by molar-refractivity contribution is 6.30. The van der Waals surface area contributed by atoms with Crippen molar-refractivity contribution in [3.63, 3.8) is 0 Å². The normalized spacial score (nSPS) is 15.9. The van der Waals surface area contributed by atoms with E-state index in [0.29, 0.717) is 23.0 Å². The van der Waals surface area contributed by atoms with Crippen molar-refractivity contribution in [1.29, 1.82) is 0 Å². The third kappa shape index (κ3) is 3.24. The first-order valence-electron chi connectivity index (χ1n) is 7.06. The third-order valence-electron chi connectivity index (χ3n) is 3.82. The zero-order valence-corrected chi connectivity index (χ0v) is 12.9. The topological polar surface area (TPSA) is 58.0 Å². The zero-order valence-electron chi connectivity index (χ0n) is 12.2. The van der Waals surface area contributed by atoms with Crippen LogP contribution in [0, 0.1) is 5.82 Å². The average molecular weight is 323 g/mol. The van der Waals surface area contributed by atoms with Gasteiger partial charge in [0.05, 0.1) is 29.8 Å². The molecule has 0 aliphatic carbocycles. The molecule has 0 atom stereocenters. The van der Waals surface area contributed by atoms with Crippen LogP contribution in [0.25, 0.3) is 0 Å². The molecule has 0 spiro atoms. The van der Waals surface area contributed by atoms with E-state index >= 15 is 0 Å². The Labute approximate surface area is 133 Å². The van der Waals surface area contributed by atoms with Crippen LogP contribution in [0.3, 0.4) is 0 Å². The molecule has 0 aromatic carbocycles. The van der Waals surface area contributed by atoms with Crippen LogP contribution in [0.1, 0.15) is 12.8 Å². The molecule has 0 radical (unpaired) electrons. The van der Waals surface area contributed by atoms with Gasteiger partial charge in [0.25, 0.3) is 0 Å². The fraction of sp³-hybridized carbons (Fsp3) is 0.429. The van der Waals surface area contributed by atoms with Gasteiger partial charge in [0.2, 0.25) is 11.9 Å². The quantitative estimate of drug-likeness (QED) is 0.863. The molecule has 2 aromatic heterocycles. The molecule has 1 aliphatic heterocycles. The predicted octanol–water partition coefficient (Wildman–Crippen LogP) is 2.16. The molecule has 1 fully saturated rings. The van der Waals surface area contributed by atoms with Gasteiger partial charge in [-0.05, 0) is 12.8 Å². The second-order valence-corrected chi connectivity index (χ2v) is 5.67. The summed E-state index contributed by atoms with van der Waals surface area (Å²) in [5, 5.41) is 0.534. The monoisotopic (exact) mass is 322 g/mol. The Bertz CT molecular complexity index is 612. The maximum Gasteiger partial charge on any atom is 0.225 e. The van der Waals surface area contributed by atoms with E-state index in [1.54, 1.807) is 12.4 Å². The van der Waals surface area contributed by atoms with Crippen molar-refractivity contribution in [2.45, 2.75) is 18.9 Å². The van der Waals surface area contributed by atoms with Gasteiger partial charge in [-0.15, -0.1) is 0 Å². The first-order valence-corrected chi connectivity index (χ1v) is 7.44. The van der Waals surface area contributed by atoms with Gasteiger partial charge < -0.3 is 9.80 Å². The Kier molecular flexibility index (Phi) is 4.33. The molecular formula is C14H16ClFN6. The van der Waals surface area contributed by atoms with Gasteiger partial charge in [-0.25, -0.2) is 24.3 Å². The lowest BCUT2D eigenvalue weighted by molar-refractivity contribution is 0.472. The fourth-order valence-electron chi connectivity index (χ4n) is 2.57. The molecule has 1 saturated heterocycles. The van der Waals surface area contributed by atoms with Gasteiger partial charge in [-0.1, -0.05) is 11.6 Å². The molecule has 0 N–H and O–H groups in total. The summed E-state index contributed by atoms with van der Waals surface area (Å²) in [4.78, 5) is 20.7. The Morgan fingerprint density at radius 1 is 1.09 bits per heavy atom. The summed E-state index contributed by atoms with van der Waals surface area (Å²) in [5.41, 5.74) is 0. The maximum absolute atomic E-state index is 12.9. The number of rotatable bonds is 3. The van der Waals surface area contributed by atoms with Crippen LogP contribution < -0.4 is 9.80 Å². The van der Waals surface area contributed by atoms with Crippen molar-refractivity contribution in [2.24, 2.45) is 0 Å². The zero-order chi connectivity index (χ0) is 15.5. The molecule has 1 aliphatic rings. The maximum atomic E-state index is 12.9. The Balaban J connectivity index is 1.61. The van der Waals surface area contributed by atoms with Crippen LogP contribution in [0.4, 0.5) is 16.3 Å². The number of hydrogen-bond donors (Lipinski definition) is 0.